The van der Waals surface area contributed by atoms with E-state index in [1.54, 1.807) is 25.7 Å². The first-order valence-electron chi connectivity index (χ1n) is 9.36. The van der Waals surface area contributed by atoms with Crippen LogP contribution in [0.5, 0.6) is 11.5 Å². The molecule has 0 amide bonds. The fraction of sp³-hybridized carbons (Fsp3) is 0.273. The van der Waals surface area contributed by atoms with Gasteiger partial charge in [0.2, 0.25) is 0 Å². The van der Waals surface area contributed by atoms with E-state index < -0.39 is 0 Å². The number of methoxy groups -OCH3 is 1. The lowest BCUT2D eigenvalue weighted by molar-refractivity contribution is -0.0402. The average molecular weight is 377 g/mol. The third-order valence-electron chi connectivity index (χ3n) is 4.65. The molecule has 1 aliphatic rings. The summed E-state index contributed by atoms with van der Waals surface area (Å²) < 4.78 is 17.2. The molecular formula is C22H23N3O3. The second-order valence-electron chi connectivity index (χ2n) is 6.55. The minimum absolute atomic E-state index is 0.226. The molecule has 0 bridgehead atoms. The molecule has 0 N–H and O–H groups in total. The van der Waals surface area contributed by atoms with Crippen molar-refractivity contribution in [3.63, 3.8) is 0 Å². The summed E-state index contributed by atoms with van der Waals surface area (Å²) in [4.78, 5) is 10.6. The minimum Gasteiger partial charge on any atom is -0.493 e. The van der Waals surface area contributed by atoms with Crippen molar-refractivity contribution < 1.29 is 14.2 Å². The predicted octanol–water partition coefficient (Wildman–Crippen LogP) is 4.34. The van der Waals surface area contributed by atoms with E-state index in [0.717, 1.165) is 36.4 Å². The molecule has 28 heavy (non-hydrogen) atoms. The Hall–Kier alpha value is -3.12. The van der Waals surface area contributed by atoms with Gasteiger partial charge in [0.1, 0.15) is 0 Å². The Morgan fingerprint density at radius 3 is 2.64 bits per heavy atom. The molecule has 3 heterocycles. The third kappa shape index (κ3) is 4.23. The lowest BCUT2D eigenvalue weighted by atomic mass is 10.2. The number of hydrogen-bond donors (Lipinski definition) is 0. The zero-order valence-electron chi connectivity index (χ0n) is 15.8. The van der Waals surface area contributed by atoms with Gasteiger partial charge in [-0.1, -0.05) is 0 Å². The summed E-state index contributed by atoms with van der Waals surface area (Å²) in [5.41, 5.74) is 3.13. The van der Waals surface area contributed by atoms with Crippen LogP contribution in [0.1, 0.15) is 18.4 Å². The van der Waals surface area contributed by atoms with Crippen molar-refractivity contribution in [3.05, 3.63) is 72.8 Å². The van der Waals surface area contributed by atoms with E-state index in [0.29, 0.717) is 18.0 Å². The third-order valence-corrected chi connectivity index (χ3v) is 4.65. The lowest BCUT2D eigenvalue weighted by Gasteiger charge is -2.26. The largest absolute Gasteiger partial charge is 0.493 e. The van der Waals surface area contributed by atoms with E-state index in [1.165, 1.54) is 0 Å². The molecule has 0 radical (unpaired) electrons. The van der Waals surface area contributed by atoms with E-state index in [1.807, 2.05) is 48.7 Å². The molecule has 1 fully saturated rings. The molecule has 144 valence electrons. The second-order valence-corrected chi connectivity index (χ2v) is 6.55. The molecule has 2 aromatic heterocycles. The van der Waals surface area contributed by atoms with Crippen molar-refractivity contribution in [1.82, 2.24) is 9.97 Å². The number of anilines is 2. The summed E-state index contributed by atoms with van der Waals surface area (Å²) in [5, 5.41) is 0. The van der Waals surface area contributed by atoms with Crippen LogP contribution in [0, 0.1) is 0 Å². The van der Waals surface area contributed by atoms with Gasteiger partial charge in [-0.15, -0.1) is 0 Å². The number of hydrogen-bond acceptors (Lipinski definition) is 6. The number of nitrogens with zero attached hydrogens (tertiary/aromatic N) is 3. The molecule has 6 heteroatoms. The quantitative estimate of drug-likeness (QED) is 0.611. The van der Waals surface area contributed by atoms with Crippen LogP contribution in [-0.2, 0) is 11.3 Å². The Bertz CT molecular complexity index is 884. The Morgan fingerprint density at radius 2 is 1.93 bits per heavy atom. The van der Waals surface area contributed by atoms with Crippen molar-refractivity contribution in [2.45, 2.75) is 25.7 Å². The molecule has 1 unspecified atom stereocenters. The summed E-state index contributed by atoms with van der Waals surface area (Å²) in [6, 6.07) is 13.9. The molecule has 1 saturated heterocycles. The van der Waals surface area contributed by atoms with Gasteiger partial charge in [-0.05, 0) is 48.4 Å². The van der Waals surface area contributed by atoms with Crippen molar-refractivity contribution in [3.8, 4) is 11.5 Å². The highest BCUT2D eigenvalue weighted by atomic mass is 16.7. The normalized spacial score (nSPS) is 16.0. The molecule has 0 saturated carbocycles. The summed E-state index contributed by atoms with van der Waals surface area (Å²) in [6.07, 6.45) is 8.90. The maximum atomic E-state index is 6.07. The van der Waals surface area contributed by atoms with Crippen LogP contribution in [0.15, 0.2) is 67.3 Å². The first kappa shape index (κ1) is 18.3. The number of rotatable bonds is 7. The van der Waals surface area contributed by atoms with Gasteiger partial charge in [-0.25, -0.2) is 0 Å². The van der Waals surface area contributed by atoms with Crippen LogP contribution in [0.25, 0.3) is 0 Å². The predicted molar refractivity (Wildman–Crippen MR) is 107 cm³/mol. The zero-order chi connectivity index (χ0) is 19.2. The summed E-state index contributed by atoms with van der Waals surface area (Å²) >= 11 is 0. The van der Waals surface area contributed by atoms with Crippen molar-refractivity contribution >= 4 is 11.4 Å². The Morgan fingerprint density at radius 1 is 1.04 bits per heavy atom. The van der Waals surface area contributed by atoms with Crippen molar-refractivity contribution in [2.75, 3.05) is 18.6 Å². The highest BCUT2D eigenvalue weighted by Crippen LogP contribution is 2.36. The summed E-state index contributed by atoms with van der Waals surface area (Å²) in [5.74, 6) is 1.37. The Labute approximate surface area is 164 Å². The molecule has 3 aromatic rings. The van der Waals surface area contributed by atoms with Crippen molar-refractivity contribution in [1.29, 1.82) is 0 Å². The van der Waals surface area contributed by atoms with Crippen LogP contribution in [0.2, 0.25) is 0 Å². The van der Waals surface area contributed by atoms with E-state index >= 15 is 0 Å². The lowest BCUT2D eigenvalue weighted by Crippen LogP contribution is -2.18. The first-order chi connectivity index (χ1) is 13.8. The fourth-order valence-corrected chi connectivity index (χ4v) is 3.22. The van der Waals surface area contributed by atoms with Gasteiger partial charge in [0.05, 0.1) is 25.6 Å². The van der Waals surface area contributed by atoms with Crippen LogP contribution in [0.3, 0.4) is 0 Å². The second kappa shape index (κ2) is 8.71. The Kier molecular flexibility index (Phi) is 5.68. The van der Waals surface area contributed by atoms with Gasteiger partial charge in [0.15, 0.2) is 17.8 Å². The van der Waals surface area contributed by atoms with E-state index in [9.17, 15) is 0 Å². The van der Waals surface area contributed by atoms with Crippen LogP contribution < -0.4 is 14.4 Å². The molecule has 6 nitrogen and oxygen atoms in total. The van der Waals surface area contributed by atoms with Crippen LogP contribution >= 0.6 is 0 Å². The van der Waals surface area contributed by atoms with Crippen molar-refractivity contribution in [2.24, 2.45) is 0 Å². The zero-order valence-corrected chi connectivity index (χ0v) is 15.8. The topological polar surface area (TPSA) is 56.7 Å². The van der Waals surface area contributed by atoms with Gasteiger partial charge in [-0.3, -0.25) is 9.97 Å². The van der Waals surface area contributed by atoms with Gasteiger partial charge in [-0.2, -0.15) is 0 Å². The first-order valence-corrected chi connectivity index (χ1v) is 9.36. The summed E-state index contributed by atoms with van der Waals surface area (Å²) in [6.45, 7) is 1.41. The standard InChI is InChI=1S/C22H23N3O3/c1-26-20-7-6-18(14-21(20)28-22-5-3-13-27-22)25(19-4-2-10-24-15-19)16-17-8-11-23-12-9-17/h2,4,6-12,14-15,22H,3,5,13,16H2,1H3. The number of pyridine rings is 2. The molecule has 0 spiro atoms. The smallest absolute Gasteiger partial charge is 0.200 e. The van der Waals surface area contributed by atoms with Crippen LogP contribution in [-0.4, -0.2) is 30.0 Å². The molecular weight excluding hydrogens is 354 g/mol. The molecule has 4 rings (SSSR count). The number of aromatic nitrogens is 2. The number of benzene rings is 1. The highest BCUT2D eigenvalue weighted by Gasteiger charge is 2.20. The highest BCUT2D eigenvalue weighted by molar-refractivity contribution is 5.66. The summed E-state index contributed by atoms with van der Waals surface area (Å²) in [7, 11) is 1.65. The van der Waals surface area contributed by atoms with Gasteiger partial charge < -0.3 is 19.1 Å². The monoisotopic (exact) mass is 377 g/mol. The maximum Gasteiger partial charge on any atom is 0.200 e. The van der Waals surface area contributed by atoms with E-state index in [2.05, 4.69) is 14.9 Å². The average Bonchev–Trinajstić information content (AvgIpc) is 3.26. The maximum absolute atomic E-state index is 6.07. The molecule has 0 aliphatic carbocycles. The van der Waals surface area contributed by atoms with Gasteiger partial charge >= 0.3 is 0 Å². The molecule has 1 aromatic carbocycles. The number of ether oxygens (including phenoxy) is 3. The molecule has 1 atom stereocenters. The van der Waals surface area contributed by atoms with E-state index in [-0.39, 0.29) is 6.29 Å². The SMILES string of the molecule is COc1ccc(N(Cc2ccncc2)c2cccnc2)cc1OC1CCCO1. The van der Waals surface area contributed by atoms with E-state index in [4.69, 9.17) is 14.2 Å². The van der Waals surface area contributed by atoms with Gasteiger partial charge in [0, 0.05) is 43.3 Å². The van der Waals surface area contributed by atoms with Crippen LogP contribution in [0.4, 0.5) is 11.4 Å². The van der Waals surface area contributed by atoms with Gasteiger partial charge in [0.25, 0.3) is 0 Å². The fourth-order valence-electron chi connectivity index (χ4n) is 3.22. The Balaban J connectivity index is 1.68. The molecule has 1 aliphatic heterocycles. The minimum atomic E-state index is -0.226.